The fourth-order valence-electron chi connectivity index (χ4n) is 3.11. The van der Waals surface area contributed by atoms with Gasteiger partial charge in [-0.3, -0.25) is 4.90 Å². The van der Waals surface area contributed by atoms with Gasteiger partial charge in [-0.2, -0.15) is 0 Å². The number of hydrogen-bond acceptors (Lipinski definition) is 1. The Kier molecular flexibility index (Phi) is 3.70. The molecule has 21 heavy (non-hydrogen) atoms. The lowest BCUT2D eigenvalue weighted by Gasteiger charge is -2.17. The summed E-state index contributed by atoms with van der Waals surface area (Å²) in [6.07, 6.45) is 4.40. The van der Waals surface area contributed by atoms with E-state index < -0.39 is 0 Å². The molecule has 0 bridgehead atoms. The molecular formula is C18H17BrN2. The molecule has 0 aliphatic carbocycles. The molecule has 3 heteroatoms. The number of quaternary nitrogens is 1. The van der Waals surface area contributed by atoms with E-state index in [-0.39, 0.29) is 17.0 Å². The fourth-order valence-corrected chi connectivity index (χ4v) is 3.11. The molecule has 4 rings (SSSR count). The van der Waals surface area contributed by atoms with E-state index in [2.05, 4.69) is 78.9 Å². The highest BCUT2D eigenvalue weighted by atomic mass is 79.9. The first-order chi connectivity index (χ1) is 9.83. The standard InChI is InChI=1S/C18H16N2.BrH/c1-19-10-11-20(13-19)18-16-8-4-2-6-14(16)12-15-7-3-5-9-17(15)18;/h2-12H,13H2,1H3;1H. The molecule has 3 aromatic rings. The van der Waals surface area contributed by atoms with E-state index >= 15 is 0 Å². The van der Waals surface area contributed by atoms with Crippen molar-refractivity contribution in [3.8, 4) is 0 Å². The summed E-state index contributed by atoms with van der Waals surface area (Å²) in [6.45, 7) is 0.984. The highest BCUT2D eigenvalue weighted by molar-refractivity contribution is 6.07. The SMILES string of the molecule is CN1C=C[NH+](c2c3ccccc3cc3ccccc23)C1.[Br-]. The maximum absolute atomic E-state index is 2.29. The predicted octanol–water partition coefficient (Wildman–Crippen LogP) is -0.113. The van der Waals surface area contributed by atoms with Gasteiger partial charge in [-0.25, -0.2) is 0 Å². The van der Waals surface area contributed by atoms with Crippen LogP contribution < -0.4 is 21.9 Å². The van der Waals surface area contributed by atoms with Gasteiger partial charge in [0, 0.05) is 17.8 Å². The molecule has 0 fully saturated rings. The molecule has 106 valence electrons. The molecular weight excluding hydrogens is 324 g/mol. The molecule has 2 nitrogen and oxygen atoms in total. The Bertz CT molecular complexity index is 772. The van der Waals surface area contributed by atoms with Gasteiger partial charge in [0.1, 0.15) is 6.20 Å². The van der Waals surface area contributed by atoms with Crippen molar-refractivity contribution in [2.24, 2.45) is 0 Å². The molecule has 0 amide bonds. The summed E-state index contributed by atoms with van der Waals surface area (Å²) in [4.78, 5) is 3.63. The molecule has 1 aliphatic rings. The third kappa shape index (κ3) is 2.33. The van der Waals surface area contributed by atoms with Crippen LogP contribution in [-0.4, -0.2) is 18.6 Å². The average molecular weight is 341 g/mol. The molecule has 1 atom stereocenters. The van der Waals surface area contributed by atoms with Crippen molar-refractivity contribution in [3.63, 3.8) is 0 Å². The number of rotatable bonds is 1. The first kappa shape index (κ1) is 14.1. The molecule has 0 saturated heterocycles. The highest BCUT2D eigenvalue weighted by Crippen LogP contribution is 2.30. The first-order valence-electron chi connectivity index (χ1n) is 6.98. The van der Waals surface area contributed by atoms with Crippen LogP contribution in [-0.2, 0) is 0 Å². The second-order valence-electron chi connectivity index (χ2n) is 5.45. The van der Waals surface area contributed by atoms with Crippen LogP contribution in [0.3, 0.4) is 0 Å². The molecule has 3 aromatic carbocycles. The van der Waals surface area contributed by atoms with Crippen molar-refractivity contribution in [2.75, 3.05) is 13.7 Å². The largest absolute Gasteiger partial charge is 1.00 e. The van der Waals surface area contributed by atoms with Crippen LogP contribution in [0.1, 0.15) is 0 Å². The Hall–Kier alpha value is -1.84. The van der Waals surface area contributed by atoms with E-state index in [0.717, 1.165) is 6.67 Å². The Balaban J connectivity index is 0.00000132. The average Bonchev–Trinajstić information content (AvgIpc) is 2.91. The molecule has 0 aromatic heterocycles. The van der Waals surface area contributed by atoms with Crippen LogP contribution in [0, 0.1) is 0 Å². The summed E-state index contributed by atoms with van der Waals surface area (Å²) in [5.74, 6) is 0. The zero-order valence-electron chi connectivity index (χ0n) is 11.9. The Labute approximate surface area is 135 Å². The van der Waals surface area contributed by atoms with Crippen LogP contribution in [0.2, 0.25) is 0 Å². The fraction of sp³-hybridized carbons (Fsp3) is 0.111. The van der Waals surface area contributed by atoms with Crippen molar-refractivity contribution < 1.29 is 21.9 Å². The summed E-state index contributed by atoms with van der Waals surface area (Å²) in [6, 6.07) is 19.6. The van der Waals surface area contributed by atoms with Crippen molar-refractivity contribution in [2.45, 2.75) is 0 Å². The normalized spacial score (nSPS) is 17.4. The van der Waals surface area contributed by atoms with E-state index in [1.54, 1.807) is 0 Å². The Morgan fingerprint density at radius 2 is 1.48 bits per heavy atom. The molecule has 1 aliphatic heterocycles. The lowest BCUT2D eigenvalue weighted by molar-refractivity contribution is -0.775. The molecule has 0 saturated carbocycles. The maximum atomic E-state index is 2.29. The maximum Gasteiger partial charge on any atom is 0.161 e. The van der Waals surface area contributed by atoms with Gasteiger partial charge in [-0.05, 0) is 29.0 Å². The highest BCUT2D eigenvalue weighted by Gasteiger charge is 2.21. The first-order valence-corrected chi connectivity index (χ1v) is 6.98. The summed E-state index contributed by atoms with van der Waals surface area (Å²) < 4.78 is 0. The van der Waals surface area contributed by atoms with Crippen molar-refractivity contribution in [3.05, 3.63) is 67.0 Å². The van der Waals surface area contributed by atoms with Crippen LogP contribution >= 0.6 is 0 Å². The van der Waals surface area contributed by atoms with Crippen molar-refractivity contribution in [1.29, 1.82) is 0 Å². The summed E-state index contributed by atoms with van der Waals surface area (Å²) in [5, 5.41) is 5.33. The van der Waals surface area contributed by atoms with Crippen LogP contribution in [0.4, 0.5) is 5.69 Å². The van der Waals surface area contributed by atoms with E-state index in [1.807, 2.05) is 0 Å². The number of nitrogens with one attached hydrogen (secondary N) is 1. The minimum Gasteiger partial charge on any atom is -1.00 e. The van der Waals surface area contributed by atoms with Crippen molar-refractivity contribution in [1.82, 2.24) is 4.90 Å². The van der Waals surface area contributed by atoms with Crippen LogP contribution in [0.15, 0.2) is 67.0 Å². The third-order valence-corrected chi connectivity index (χ3v) is 4.04. The van der Waals surface area contributed by atoms with Gasteiger partial charge in [-0.1, -0.05) is 36.4 Å². The molecule has 1 N–H and O–H groups in total. The van der Waals surface area contributed by atoms with Gasteiger partial charge < -0.3 is 21.9 Å². The molecule has 0 radical (unpaired) electrons. The van der Waals surface area contributed by atoms with Gasteiger partial charge >= 0.3 is 0 Å². The molecule has 1 unspecified atom stereocenters. The van der Waals surface area contributed by atoms with Crippen LogP contribution in [0.25, 0.3) is 21.5 Å². The smallest absolute Gasteiger partial charge is 0.161 e. The van der Waals surface area contributed by atoms with Crippen molar-refractivity contribution >= 4 is 27.2 Å². The lowest BCUT2D eigenvalue weighted by Crippen LogP contribution is -3.02. The van der Waals surface area contributed by atoms with E-state index in [1.165, 1.54) is 32.1 Å². The van der Waals surface area contributed by atoms with Crippen LogP contribution in [0.5, 0.6) is 0 Å². The van der Waals surface area contributed by atoms with Gasteiger partial charge in [0.15, 0.2) is 12.4 Å². The van der Waals surface area contributed by atoms with Gasteiger partial charge in [0.2, 0.25) is 0 Å². The zero-order valence-corrected chi connectivity index (χ0v) is 13.5. The molecule has 1 heterocycles. The number of nitrogens with zero attached hydrogens (tertiary/aromatic N) is 1. The number of halogens is 1. The summed E-state index contributed by atoms with van der Waals surface area (Å²) >= 11 is 0. The monoisotopic (exact) mass is 340 g/mol. The summed E-state index contributed by atoms with van der Waals surface area (Å²) in [7, 11) is 2.12. The number of fused-ring (bicyclic) bond motifs is 2. The number of hydrogen-bond donors (Lipinski definition) is 1. The van der Waals surface area contributed by atoms with E-state index in [4.69, 9.17) is 0 Å². The quantitative estimate of drug-likeness (QED) is 0.607. The Morgan fingerprint density at radius 1 is 0.905 bits per heavy atom. The van der Waals surface area contributed by atoms with E-state index in [0.29, 0.717) is 0 Å². The van der Waals surface area contributed by atoms with E-state index in [9.17, 15) is 0 Å². The van der Waals surface area contributed by atoms with Gasteiger partial charge in [0.05, 0.1) is 6.20 Å². The predicted molar refractivity (Wildman–Crippen MR) is 83.8 cm³/mol. The Morgan fingerprint density at radius 3 is 2.00 bits per heavy atom. The minimum absolute atomic E-state index is 0. The topological polar surface area (TPSA) is 7.68 Å². The third-order valence-electron chi connectivity index (χ3n) is 4.04. The molecule has 0 spiro atoms. The lowest BCUT2D eigenvalue weighted by atomic mass is 10.0. The second-order valence-corrected chi connectivity index (χ2v) is 5.45. The van der Waals surface area contributed by atoms with Gasteiger partial charge in [0.25, 0.3) is 0 Å². The van der Waals surface area contributed by atoms with Gasteiger partial charge in [-0.15, -0.1) is 0 Å². The minimum atomic E-state index is 0. The second kappa shape index (κ2) is 5.51. The zero-order chi connectivity index (χ0) is 13.5. The summed E-state index contributed by atoms with van der Waals surface area (Å²) in [5.41, 5.74) is 1.39. The number of benzene rings is 3.